The van der Waals surface area contributed by atoms with Crippen molar-refractivity contribution in [1.29, 1.82) is 0 Å². The van der Waals surface area contributed by atoms with E-state index < -0.39 is 10.0 Å². The number of likely N-dealkylation sites (N-methyl/N-ethyl adjacent to an activating group) is 1. The Hall–Kier alpha value is -2.39. The highest BCUT2D eigenvalue weighted by Crippen LogP contribution is 2.34. The highest BCUT2D eigenvalue weighted by molar-refractivity contribution is 7.93. The van der Waals surface area contributed by atoms with Crippen molar-refractivity contribution in [2.75, 3.05) is 36.8 Å². The number of hydrogen-bond donors (Lipinski definition) is 1. The van der Waals surface area contributed by atoms with E-state index >= 15 is 0 Å². The summed E-state index contributed by atoms with van der Waals surface area (Å²) in [5, 5.41) is 7.21. The zero-order valence-corrected chi connectivity index (χ0v) is 16.9. The molecule has 0 saturated carbocycles. The molecule has 1 aromatic heterocycles. The molecule has 1 aromatic carbocycles. The van der Waals surface area contributed by atoms with Crippen molar-refractivity contribution in [3.63, 3.8) is 0 Å². The summed E-state index contributed by atoms with van der Waals surface area (Å²) in [5.41, 5.74) is 2.05. The Kier molecular flexibility index (Phi) is 5.25. The fourth-order valence-electron chi connectivity index (χ4n) is 3.26. The minimum Gasteiger partial charge on any atom is -0.324 e. The molecule has 0 spiro atoms. The van der Waals surface area contributed by atoms with Crippen molar-refractivity contribution in [2.45, 2.75) is 31.7 Å². The number of rotatable bonds is 5. The number of nitrogens with one attached hydrogen (secondary N) is 1. The summed E-state index contributed by atoms with van der Waals surface area (Å²) >= 11 is 0. The lowest BCUT2D eigenvalue weighted by Crippen LogP contribution is -2.32. The Morgan fingerprint density at radius 2 is 1.93 bits per heavy atom. The van der Waals surface area contributed by atoms with Gasteiger partial charge in [0.1, 0.15) is 4.90 Å². The summed E-state index contributed by atoms with van der Waals surface area (Å²) < 4.78 is 30.1. The van der Waals surface area contributed by atoms with E-state index in [0.717, 1.165) is 6.54 Å². The first-order valence-electron chi connectivity index (χ1n) is 8.82. The summed E-state index contributed by atoms with van der Waals surface area (Å²) in [6.45, 7) is 4.93. The molecule has 0 unspecified atom stereocenters. The maximum atomic E-state index is 13.5. The molecule has 1 N–H and O–H groups in total. The van der Waals surface area contributed by atoms with Gasteiger partial charge in [0, 0.05) is 19.5 Å². The molecule has 8 nitrogen and oxygen atoms in total. The van der Waals surface area contributed by atoms with Crippen LogP contribution in [0.1, 0.15) is 17.8 Å². The Balaban J connectivity index is 2.06. The van der Waals surface area contributed by atoms with E-state index in [1.165, 1.54) is 4.31 Å². The molecule has 2 heterocycles. The Morgan fingerprint density at radius 3 is 2.63 bits per heavy atom. The van der Waals surface area contributed by atoms with Crippen LogP contribution in [0.15, 0.2) is 29.2 Å². The SMILES string of the molecule is Cc1nn(CCN(C)C)c(C)c1S(=O)(=O)N1CCC(=O)Nc2ccccc21. The summed E-state index contributed by atoms with van der Waals surface area (Å²) in [6, 6.07) is 6.95. The van der Waals surface area contributed by atoms with Crippen LogP contribution in [0.3, 0.4) is 0 Å². The third kappa shape index (κ3) is 3.70. The number of fused-ring (bicyclic) bond motifs is 1. The van der Waals surface area contributed by atoms with Crippen LogP contribution in [-0.4, -0.2) is 56.2 Å². The molecular weight excluding hydrogens is 366 g/mol. The van der Waals surface area contributed by atoms with Crippen molar-refractivity contribution < 1.29 is 13.2 Å². The van der Waals surface area contributed by atoms with Gasteiger partial charge in [-0.1, -0.05) is 12.1 Å². The minimum atomic E-state index is -3.86. The standard InChI is InChI=1S/C18H25N5O3S/c1-13-18(14(2)22(20-13)12-11-21(3)4)27(25,26)23-10-9-17(24)19-15-7-5-6-8-16(15)23/h5-8H,9-12H2,1-4H3,(H,19,24). The van der Waals surface area contributed by atoms with Gasteiger partial charge in [0.2, 0.25) is 5.91 Å². The van der Waals surface area contributed by atoms with Gasteiger partial charge < -0.3 is 10.2 Å². The summed E-state index contributed by atoms with van der Waals surface area (Å²) in [6.07, 6.45) is 0.0980. The van der Waals surface area contributed by atoms with Gasteiger partial charge in [-0.2, -0.15) is 5.10 Å². The monoisotopic (exact) mass is 391 g/mol. The van der Waals surface area contributed by atoms with Gasteiger partial charge in [-0.15, -0.1) is 0 Å². The number of anilines is 2. The number of benzene rings is 1. The number of para-hydroxylation sites is 2. The van der Waals surface area contributed by atoms with Gasteiger partial charge in [-0.05, 0) is 40.1 Å². The van der Waals surface area contributed by atoms with Gasteiger partial charge in [0.15, 0.2) is 0 Å². The molecule has 0 radical (unpaired) electrons. The zero-order chi connectivity index (χ0) is 19.8. The topological polar surface area (TPSA) is 87.5 Å². The summed E-state index contributed by atoms with van der Waals surface area (Å²) in [5.74, 6) is -0.199. The van der Waals surface area contributed by atoms with Crippen molar-refractivity contribution in [3.8, 4) is 0 Å². The number of nitrogens with zero attached hydrogens (tertiary/aromatic N) is 4. The van der Waals surface area contributed by atoms with Crippen LogP contribution in [0, 0.1) is 13.8 Å². The van der Waals surface area contributed by atoms with E-state index in [9.17, 15) is 13.2 Å². The predicted molar refractivity (Wildman–Crippen MR) is 104 cm³/mol. The smallest absolute Gasteiger partial charge is 0.268 e. The third-order valence-corrected chi connectivity index (χ3v) is 6.68. The van der Waals surface area contributed by atoms with Crippen LogP contribution in [0.4, 0.5) is 11.4 Å². The van der Waals surface area contributed by atoms with Crippen molar-refractivity contribution in [1.82, 2.24) is 14.7 Å². The van der Waals surface area contributed by atoms with E-state index in [1.54, 1.807) is 42.8 Å². The molecule has 146 valence electrons. The molecule has 1 aliphatic heterocycles. The van der Waals surface area contributed by atoms with Crippen molar-refractivity contribution in [3.05, 3.63) is 35.7 Å². The van der Waals surface area contributed by atoms with Crippen LogP contribution in [-0.2, 0) is 21.4 Å². The first kappa shape index (κ1) is 19.4. The molecule has 9 heteroatoms. The lowest BCUT2D eigenvalue weighted by molar-refractivity contribution is -0.115. The number of amides is 1. The van der Waals surface area contributed by atoms with E-state index in [-0.39, 0.29) is 23.8 Å². The first-order chi connectivity index (χ1) is 12.7. The van der Waals surface area contributed by atoms with Gasteiger partial charge in [0.05, 0.1) is 29.3 Å². The lowest BCUT2D eigenvalue weighted by atomic mass is 10.2. The number of sulfonamides is 1. The molecule has 2 aromatic rings. The molecule has 0 atom stereocenters. The molecule has 1 amide bonds. The quantitative estimate of drug-likeness (QED) is 0.836. The number of aromatic nitrogens is 2. The predicted octanol–water partition coefficient (Wildman–Crippen LogP) is 1.60. The molecule has 0 fully saturated rings. The second kappa shape index (κ2) is 7.32. The van der Waals surface area contributed by atoms with Gasteiger partial charge >= 0.3 is 0 Å². The molecular formula is C18H25N5O3S. The molecule has 0 saturated heterocycles. The summed E-state index contributed by atoms with van der Waals surface area (Å²) in [4.78, 5) is 14.2. The summed E-state index contributed by atoms with van der Waals surface area (Å²) in [7, 11) is 0.0626. The van der Waals surface area contributed by atoms with Gasteiger partial charge in [0.25, 0.3) is 10.0 Å². The molecule has 0 aliphatic carbocycles. The minimum absolute atomic E-state index is 0.0902. The third-order valence-electron chi connectivity index (χ3n) is 4.61. The van der Waals surface area contributed by atoms with Crippen molar-refractivity contribution >= 4 is 27.3 Å². The fraction of sp³-hybridized carbons (Fsp3) is 0.444. The van der Waals surface area contributed by atoms with Crippen molar-refractivity contribution in [2.24, 2.45) is 0 Å². The highest BCUT2D eigenvalue weighted by atomic mass is 32.2. The molecule has 0 bridgehead atoms. The van der Waals surface area contributed by atoms with Crippen LogP contribution in [0.25, 0.3) is 0 Å². The van der Waals surface area contributed by atoms with Crippen LogP contribution >= 0.6 is 0 Å². The number of hydrogen-bond acceptors (Lipinski definition) is 5. The molecule has 27 heavy (non-hydrogen) atoms. The van der Waals surface area contributed by atoms with Crippen LogP contribution in [0.2, 0.25) is 0 Å². The highest BCUT2D eigenvalue weighted by Gasteiger charge is 2.34. The Bertz CT molecular complexity index is 965. The Labute approximate surface area is 159 Å². The average molecular weight is 391 g/mol. The van der Waals surface area contributed by atoms with E-state index in [2.05, 4.69) is 10.4 Å². The molecule has 1 aliphatic rings. The zero-order valence-electron chi connectivity index (χ0n) is 16.1. The number of carbonyl (C=O) groups excluding carboxylic acids is 1. The van der Waals surface area contributed by atoms with E-state index in [0.29, 0.717) is 29.3 Å². The van der Waals surface area contributed by atoms with Gasteiger partial charge in [-0.25, -0.2) is 8.42 Å². The number of aryl methyl sites for hydroxylation is 1. The Morgan fingerprint density at radius 1 is 1.22 bits per heavy atom. The lowest BCUT2D eigenvalue weighted by Gasteiger charge is -2.24. The van der Waals surface area contributed by atoms with E-state index in [4.69, 9.17) is 0 Å². The second-order valence-corrected chi connectivity index (χ2v) is 8.72. The second-order valence-electron chi connectivity index (χ2n) is 6.92. The van der Waals surface area contributed by atoms with Crippen LogP contribution < -0.4 is 9.62 Å². The first-order valence-corrected chi connectivity index (χ1v) is 10.3. The normalized spacial score (nSPS) is 14.9. The largest absolute Gasteiger partial charge is 0.324 e. The maximum absolute atomic E-state index is 13.5. The fourth-order valence-corrected chi connectivity index (χ4v) is 5.12. The van der Waals surface area contributed by atoms with Crippen LogP contribution in [0.5, 0.6) is 0 Å². The average Bonchev–Trinajstić information content (AvgIpc) is 2.77. The van der Waals surface area contributed by atoms with Gasteiger partial charge in [-0.3, -0.25) is 13.8 Å². The molecule has 3 rings (SSSR count). The maximum Gasteiger partial charge on any atom is 0.268 e. The van der Waals surface area contributed by atoms with E-state index in [1.807, 2.05) is 19.0 Å². The number of carbonyl (C=O) groups is 1.